The molecule has 2 rings (SSSR count). The molecule has 0 aromatic heterocycles. The van der Waals surface area contributed by atoms with Crippen molar-refractivity contribution in [3.8, 4) is 0 Å². The molecule has 1 atom stereocenters. The lowest BCUT2D eigenvalue weighted by Gasteiger charge is -2.25. The second-order valence-corrected chi connectivity index (χ2v) is 4.44. The summed E-state index contributed by atoms with van der Waals surface area (Å²) in [7, 11) is 0. The van der Waals surface area contributed by atoms with Crippen molar-refractivity contribution in [3.63, 3.8) is 0 Å². The molecule has 1 aliphatic carbocycles. The van der Waals surface area contributed by atoms with Crippen molar-refractivity contribution in [1.29, 1.82) is 0 Å². The summed E-state index contributed by atoms with van der Waals surface area (Å²) in [5, 5.41) is 3.31. The zero-order chi connectivity index (χ0) is 9.80. The summed E-state index contributed by atoms with van der Waals surface area (Å²) < 4.78 is 5.29. The fourth-order valence-corrected chi connectivity index (χ4v) is 2.02. The van der Waals surface area contributed by atoms with Crippen molar-refractivity contribution < 1.29 is 9.53 Å². The molecule has 0 bridgehead atoms. The third-order valence-corrected chi connectivity index (χ3v) is 3.27. The van der Waals surface area contributed by atoms with E-state index in [9.17, 15) is 4.79 Å². The van der Waals surface area contributed by atoms with Gasteiger partial charge in [0.15, 0.2) is 0 Å². The lowest BCUT2D eigenvalue weighted by Crippen LogP contribution is -2.25. The molecule has 80 valence electrons. The van der Waals surface area contributed by atoms with E-state index in [2.05, 4.69) is 5.32 Å². The van der Waals surface area contributed by atoms with Crippen LogP contribution in [0.15, 0.2) is 0 Å². The molecular weight excluding hydrogens is 178 g/mol. The second-order valence-electron chi connectivity index (χ2n) is 4.44. The van der Waals surface area contributed by atoms with Gasteiger partial charge < -0.3 is 10.1 Å². The summed E-state index contributed by atoms with van der Waals surface area (Å²) >= 11 is 0. The summed E-state index contributed by atoms with van der Waals surface area (Å²) in [6, 6.07) is 0. The molecule has 3 heteroatoms. The maximum Gasteiger partial charge on any atom is 0.306 e. The van der Waals surface area contributed by atoms with Crippen molar-refractivity contribution in [3.05, 3.63) is 0 Å². The largest absolute Gasteiger partial charge is 0.462 e. The zero-order valence-electron chi connectivity index (χ0n) is 8.63. The van der Waals surface area contributed by atoms with E-state index >= 15 is 0 Å². The third kappa shape index (κ3) is 2.71. The molecule has 1 aliphatic heterocycles. The Balaban J connectivity index is 1.57. The molecule has 0 aromatic rings. The Labute approximate surface area is 85.2 Å². The minimum Gasteiger partial charge on any atom is -0.462 e. The number of hydrogen-bond donors (Lipinski definition) is 1. The molecule has 1 unspecified atom stereocenters. The number of carbonyl (C=O) groups excluding carboxylic acids is 1. The smallest absolute Gasteiger partial charge is 0.306 e. The number of carbonyl (C=O) groups is 1. The van der Waals surface area contributed by atoms with Crippen molar-refractivity contribution in [2.75, 3.05) is 13.1 Å². The first-order valence-corrected chi connectivity index (χ1v) is 5.75. The highest BCUT2D eigenvalue weighted by molar-refractivity contribution is 5.69. The summed E-state index contributed by atoms with van der Waals surface area (Å²) in [5.41, 5.74) is 0. The summed E-state index contributed by atoms with van der Waals surface area (Å²) in [6.45, 7) is 2.19. The molecule has 1 N–H and O–H groups in total. The van der Waals surface area contributed by atoms with Gasteiger partial charge in [0.2, 0.25) is 0 Å². The van der Waals surface area contributed by atoms with Gasteiger partial charge in [0.25, 0.3) is 0 Å². The van der Waals surface area contributed by atoms with Crippen LogP contribution < -0.4 is 5.32 Å². The monoisotopic (exact) mass is 197 g/mol. The number of ether oxygens (including phenoxy) is 1. The average Bonchev–Trinajstić information content (AvgIpc) is 2.60. The summed E-state index contributed by atoms with van der Waals surface area (Å²) in [4.78, 5) is 11.4. The Morgan fingerprint density at radius 3 is 2.79 bits per heavy atom. The Morgan fingerprint density at radius 2 is 2.21 bits per heavy atom. The Hall–Kier alpha value is -0.570. The number of nitrogens with one attached hydrogen (secondary N) is 1. The molecular formula is C11H19NO2. The van der Waals surface area contributed by atoms with Gasteiger partial charge in [-0.05, 0) is 51.1 Å². The fraction of sp³-hybridized carbons (Fsp3) is 0.909. The van der Waals surface area contributed by atoms with E-state index in [-0.39, 0.29) is 12.1 Å². The van der Waals surface area contributed by atoms with Crippen LogP contribution in [0, 0.1) is 5.92 Å². The van der Waals surface area contributed by atoms with E-state index in [0.717, 1.165) is 32.4 Å². The number of esters is 1. The molecule has 0 amide bonds. The third-order valence-electron chi connectivity index (χ3n) is 3.27. The number of rotatable bonds is 4. The first kappa shape index (κ1) is 9.97. The molecule has 1 saturated heterocycles. The van der Waals surface area contributed by atoms with Crippen LogP contribution in [0.25, 0.3) is 0 Å². The van der Waals surface area contributed by atoms with Gasteiger partial charge in [-0.3, -0.25) is 4.79 Å². The van der Waals surface area contributed by atoms with Crippen LogP contribution >= 0.6 is 0 Å². The minimum absolute atomic E-state index is 0.0154. The van der Waals surface area contributed by atoms with Gasteiger partial charge in [0.1, 0.15) is 6.10 Å². The SMILES string of the molecule is O=C(CCC1CCNC1)OC1CCC1. The molecule has 3 nitrogen and oxygen atoms in total. The van der Waals surface area contributed by atoms with E-state index in [1.807, 2.05) is 0 Å². The van der Waals surface area contributed by atoms with E-state index in [4.69, 9.17) is 4.74 Å². The van der Waals surface area contributed by atoms with E-state index in [1.54, 1.807) is 0 Å². The number of hydrogen-bond acceptors (Lipinski definition) is 3. The molecule has 0 radical (unpaired) electrons. The van der Waals surface area contributed by atoms with Gasteiger partial charge in [-0.2, -0.15) is 0 Å². The fourth-order valence-electron chi connectivity index (χ4n) is 2.02. The van der Waals surface area contributed by atoms with Crippen LogP contribution in [0.2, 0.25) is 0 Å². The van der Waals surface area contributed by atoms with Crippen LogP contribution in [0.4, 0.5) is 0 Å². The molecule has 14 heavy (non-hydrogen) atoms. The maximum atomic E-state index is 11.4. The molecule has 1 heterocycles. The highest BCUT2D eigenvalue weighted by atomic mass is 16.5. The van der Waals surface area contributed by atoms with E-state index in [1.165, 1.54) is 12.8 Å². The van der Waals surface area contributed by atoms with Crippen LogP contribution in [0.1, 0.15) is 38.5 Å². The zero-order valence-corrected chi connectivity index (χ0v) is 8.63. The van der Waals surface area contributed by atoms with Gasteiger partial charge in [-0.25, -0.2) is 0 Å². The molecule has 2 fully saturated rings. The van der Waals surface area contributed by atoms with Gasteiger partial charge in [0, 0.05) is 6.42 Å². The van der Waals surface area contributed by atoms with Gasteiger partial charge in [-0.15, -0.1) is 0 Å². The van der Waals surface area contributed by atoms with Gasteiger partial charge >= 0.3 is 5.97 Å². The first-order valence-electron chi connectivity index (χ1n) is 5.75. The van der Waals surface area contributed by atoms with Crippen molar-refractivity contribution >= 4 is 5.97 Å². The van der Waals surface area contributed by atoms with E-state index < -0.39 is 0 Å². The van der Waals surface area contributed by atoms with Gasteiger partial charge in [0.05, 0.1) is 0 Å². The molecule has 1 saturated carbocycles. The van der Waals surface area contributed by atoms with E-state index in [0.29, 0.717) is 12.3 Å². The minimum atomic E-state index is 0.0154. The first-order chi connectivity index (χ1) is 6.84. The van der Waals surface area contributed by atoms with Crippen LogP contribution in [-0.4, -0.2) is 25.2 Å². The van der Waals surface area contributed by atoms with Crippen LogP contribution in [0.5, 0.6) is 0 Å². The average molecular weight is 197 g/mol. The summed E-state index contributed by atoms with van der Waals surface area (Å²) in [5.74, 6) is 0.713. The van der Waals surface area contributed by atoms with Crippen LogP contribution in [0.3, 0.4) is 0 Å². The van der Waals surface area contributed by atoms with Crippen molar-refractivity contribution in [1.82, 2.24) is 5.32 Å². The predicted octanol–water partition coefficient (Wildman–Crippen LogP) is 1.47. The molecule has 2 aliphatic rings. The Kier molecular flexibility index (Phi) is 3.40. The second kappa shape index (κ2) is 4.78. The van der Waals surface area contributed by atoms with Crippen LogP contribution in [-0.2, 0) is 9.53 Å². The highest BCUT2D eigenvalue weighted by Crippen LogP contribution is 2.23. The van der Waals surface area contributed by atoms with Gasteiger partial charge in [-0.1, -0.05) is 0 Å². The standard InChI is InChI=1S/C11H19NO2/c13-11(14-10-2-1-3-10)5-4-9-6-7-12-8-9/h9-10,12H,1-8H2. The van der Waals surface area contributed by atoms with Crippen molar-refractivity contribution in [2.24, 2.45) is 5.92 Å². The molecule has 0 spiro atoms. The summed E-state index contributed by atoms with van der Waals surface area (Å²) in [6.07, 6.45) is 6.47. The predicted molar refractivity (Wildman–Crippen MR) is 53.9 cm³/mol. The quantitative estimate of drug-likeness (QED) is 0.694. The Morgan fingerprint density at radius 1 is 1.36 bits per heavy atom. The lowest BCUT2D eigenvalue weighted by atomic mass is 9.96. The Bertz CT molecular complexity index is 195. The normalized spacial score (nSPS) is 27.3. The topological polar surface area (TPSA) is 38.3 Å². The van der Waals surface area contributed by atoms with Crippen molar-refractivity contribution in [2.45, 2.75) is 44.6 Å². The highest BCUT2D eigenvalue weighted by Gasteiger charge is 2.22. The maximum absolute atomic E-state index is 11.4. The lowest BCUT2D eigenvalue weighted by molar-refractivity contribution is -0.153. The molecule has 0 aromatic carbocycles.